The number of carboxylic acid groups (broad SMARTS) is 1. The van der Waals surface area contributed by atoms with Gasteiger partial charge in [0.05, 0.1) is 15.2 Å². The minimum Gasteiger partial charge on any atom is -0.478 e. The van der Waals surface area contributed by atoms with Crippen LogP contribution < -0.4 is 10.5 Å². The number of para-hydroxylation sites is 1. The van der Waals surface area contributed by atoms with E-state index in [1.807, 2.05) is 6.07 Å². The van der Waals surface area contributed by atoms with Crippen molar-refractivity contribution in [1.82, 2.24) is 4.98 Å². The number of thiazole rings is 1. The van der Waals surface area contributed by atoms with Crippen LogP contribution in [0.1, 0.15) is 10.4 Å². The van der Waals surface area contributed by atoms with Gasteiger partial charge < -0.3 is 15.6 Å². The fraction of sp³-hybridized carbons (Fsp3) is 0. The fourth-order valence-electron chi connectivity index (χ4n) is 1.93. The maximum atomic E-state index is 12.5. The van der Waals surface area contributed by atoms with Crippen molar-refractivity contribution in [3.05, 3.63) is 48.0 Å². The second-order valence-electron chi connectivity index (χ2n) is 4.41. The smallest absolute Gasteiger partial charge is 0.335 e. The van der Waals surface area contributed by atoms with Crippen LogP contribution in [0.5, 0.6) is 0 Å². The molecule has 0 aliphatic heterocycles. The van der Waals surface area contributed by atoms with Crippen LogP contribution in [0.4, 0.5) is 10.8 Å². The first kappa shape index (κ1) is 14.5. The number of fused-ring (bicyclic) bond motifs is 1. The third kappa shape index (κ3) is 2.78. The van der Waals surface area contributed by atoms with E-state index in [4.69, 9.17) is 10.8 Å². The van der Waals surface area contributed by atoms with Crippen molar-refractivity contribution in [2.24, 2.45) is 0 Å². The highest BCUT2D eigenvalue weighted by Gasteiger charge is 2.12. The van der Waals surface area contributed by atoms with Crippen LogP contribution in [0.25, 0.3) is 10.2 Å². The Kier molecular flexibility index (Phi) is 3.78. The van der Waals surface area contributed by atoms with Gasteiger partial charge in [-0.05, 0) is 36.4 Å². The van der Waals surface area contributed by atoms with E-state index in [-0.39, 0.29) is 5.56 Å². The Morgan fingerprint density at radius 3 is 2.64 bits per heavy atom. The maximum Gasteiger partial charge on any atom is 0.335 e. The van der Waals surface area contributed by atoms with Gasteiger partial charge in [-0.15, -0.1) is 0 Å². The second-order valence-corrected chi connectivity index (χ2v) is 6.65. The number of benzene rings is 2. The lowest BCUT2D eigenvalue weighted by Gasteiger charge is -2.07. The van der Waals surface area contributed by atoms with Gasteiger partial charge in [0.25, 0.3) is 0 Å². The van der Waals surface area contributed by atoms with Crippen LogP contribution >= 0.6 is 11.3 Å². The average Bonchev–Trinajstić information content (AvgIpc) is 2.87. The van der Waals surface area contributed by atoms with E-state index in [0.717, 1.165) is 4.70 Å². The van der Waals surface area contributed by atoms with Gasteiger partial charge >= 0.3 is 5.97 Å². The zero-order valence-electron chi connectivity index (χ0n) is 11.1. The summed E-state index contributed by atoms with van der Waals surface area (Å²) in [6.45, 7) is 0. The number of hydrogen-bond donors (Lipinski definition) is 3. The summed E-state index contributed by atoms with van der Waals surface area (Å²) < 4.78 is 16.2. The largest absolute Gasteiger partial charge is 0.478 e. The molecule has 1 aromatic heterocycles. The average molecular weight is 333 g/mol. The van der Waals surface area contributed by atoms with Gasteiger partial charge in [-0.2, -0.15) is 0 Å². The fourth-order valence-corrected chi connectivity index (χ4v) is 3.75. The van der Waals surface area contributed by atoms with Crippen molar-refractivity contribution in [3.8, 4) is 0 Å². The van der Waals surface area contributed by atoms with E-state index >= 15 is 0 Å². The summed E-state index contributed by atoms with van der Waals surface area (Å²) in [4.78, 5) is 15.5. The normalized spacial score (nSPS) is 12.2. The van der Waals surface area contributed by atoms with Gasteiger partial charge in [-0.3, -0.25) is 0 Å². The lowest BCUT2D eigenvalue weighted by Crippen LogP contribution is -2.06. The minimum absolute atomic E-state index is 0.172. The first-order valence-electron chi connectivity index (χ1n) is 6.21. The number of rotatable bonds is 4. The number of nitrogens with zero attached hydrogens (tertiary/aromatic N) is 1. The maximum absolute atomic E-state index is 12.5. The van der Waals surface area contributed by atoms with Gasteiger partial charge in [0, 0.05) is 5.69 Å². The quantitative estimate of drug-likeness (QED) is 0.681. The van der Waals surface area contributed by atoms with Crippen molar-refractivity contribution in [2.45, 2.75) is 4.90 Å². The highest BCUT2D eigenvalue weighted by atomic mass is 32.2. The molecule has 0 radical (unpaired) electrons. The number of nitrogens with two attached hydrogens (primary N) is 1. The number of aromatic carboxylic acids is 1. The predicted molar refractivity (Wildman–Crippen MR) is 87.5 cm³/mol. The van der Waals surface area contributed by atoms with Gasteiger partial charge in [0.15, 0.2) is 16.1 Å². The van der Waals surface area contributed by atoms with Gasteiger partial charge in [-0.25, -0.2) is 14.0 Å². The topological polar surface area (TPSA) is 105 Å². The van der Waals surface area contributed by atoms with E-state index in [1.165, 1.54) is 23.5 Å². The monoisotopic (exact) mass is 333 g/mol. The Balaban J connectivity index is 1.88. The molecule has 1 heterocycles. The first-order valence-corrected chi connectivity index (χ1v) is 8.18. The molecule has 0 fully saturated rings. The lowest BCUT2D eigenvalue weighted by molar-refractivity contribution is 0.0697. The lowest BCUT2D eigenvalue weighted by atomic mass is 10.2. The molecule has 6 nitrogen and oxygen atoms in total. The molecule has 4 N–H and O–H groups in total. The number of carboxylic acids is 1. The molecule has 0 saturated carbocycles. The van der Waals surface area contributed by atoms with Crippen LogP contribution in [-0.4, -0.2) is 20.3 Å². The van der Waals surface area contributed by atoms with Crippen LogP contribution in [0.15, 0.2) is 47.4 Å². The summed E-state index contributed by atoms with van der Waals surface area (Å²) in [6.07, 6.45) is 0. The molecule has 0 aliphatic rings. The van der Waals surface area contributed by atoms with Crippen molar-refractivity contribution < 1.29 is 14.1 Å². The molecule has 0 aliphatic carbocycles. The van der Waals surface area contributed by atoms with E-state index in [9.17, 15) is 9.00 Å². The molecule has 0 saturated heterocycles. The molecule has 0 amide bonds. The number of nitrogen functional groups attached to an aromatic ring is 1. The summed E-state index contributed by atoms with van der Waals surface area (Å²) in [5.41, 5.74) is 7.03. The standard InChI is InChI=1S/C14H11N3O3S2/c15-14-16-12-10(21-14)2-1-3-11(12)22(20)17-9-6-4-8(5-7-9)13(18)19/h1-7,17H,(H2,15,16)(H,18,19). The summed E-state index contributed by atoms with van der Waals surface area (Å²) in [5, 5.41) is 9.28. The molecule has 0 spiro atoms. The Morgan fingerprint density at radius 2 is 1.95 bits per heavy atom. The molecule has 1 atom stereocenters. The molecule has 3 rings (SSSR count). The number of anilines is 2. The molecule has 3 aromatic rings. The number of nitrogens with one attached hydrogen (secondary N) is 1. The van der Waals surface area contributed by atoms with Crippen molar-refractivity contribution >= 4 is 49.3 Å². The van der Waals surface area contributed by atoms with Gasteiger partial charge in [0.1, 0.15) is 5.52 Å². The Bertz CT molecular complexity index is 875. The molecule has 0 bridgehead atoms. The third-order valence-electron chi connectivity index (χ3n) is 2.94. The Labute approximate surface area is 132 Å². The number of carbonyl (C=O) groups is 1. The summed E-state index contributed by atoms with van der Waals surface area (Å²) in [7, 11) is -1.52. The van der Waals surface area contributed by atoms with E-state index in [1.54, 1.807) is 24.3 Å². The predicted octanol–water partition coefficient (Wildman–Crippen LogP) is 2.71. The van der Waals surface area contributed by atoms with Crippen LogP contribution in [-0.2, 0) is 11.0 Å². The molecule has 22 heavy (non-hydrogen) atoms. The van der Waals surface area contributed by atoms with Crippen LogP contribution in [0.2, 0.25) is 0 Å². The van der Waals surface area contributed by atoms with E-state index in [2.05, 4.69) is 9.71 Å². The minimum atomic E-state index is -1.52. The Hall–Kier alpha value is -2.45. The summed E-state index contributed by atoms with van der Waals surface area (Å²) >= 11 is 1.33. The Morgan fingerprint density at radius 1 is 1.23 bits per heavy atom. The van der Waals surface area contributed by atoms with E-state index in [0.29, 0.717) is 21.2 Å². The van der Waals surface area contributed by atoms with Gasteiger partial charge in [-0.1, -0.05) is 17.4 Å². The zero-order valence-corrected chi connectivity index (χ0v) is 12.8. The van der Waals surface area contributed by atoms with Crippen molar-refractivity contribution in [2.75, 3.05) is 10.5 Å². The third-order valence-corrected chi connectivity index (χ3v) is 4.94. The SMILES string of the molecule is Nc1nc2c(S(=O)Nc3ccc(C(=O)O)cc3)cccc2s1. The van der Waals surface area contributed by atoms with Crippen molar-refractivity contribution in [1.29, 1.82) is 0 Å². The van der Waals surface area contributed by atoms with Crippen LogP contribution in [0, 0.1) is 0 Å². The molecule has 8 heteroatoms. The molecule has 112 valence electrons. The second kappa shape index (κ2) is 5.74. The summed E-state index contributed by atoms with van der Waals surface area (Å²) in [5.74, 6) is -1.00. The highest BCUT2D eigenvalue weighted by molar-refractivity contribution is 7.86. The van der Waals surface area contributed by atoms with Crippen molar-refractivity contribution in [3.63, 3.8) is 0 Å². The molecular weight excluding hydrogens is 322 g/mol. The zero-order chi connectivity index (χ0) is 15.7. The molecular formula is C14H11N3O3S2. The van der Waals surface area contributed by atoms with Gasteiger partial charge in [0.2, 0.25) is 0 Å². The first-order chi connectivity index (χ1) is 10.5. The number of aromatic nitrogens is 1. The highest BCUT2D eigenvalue weighted by Crippen LogP contribution is 2.28. The summed E-state index contributed by atoms with van der Waals surface area (Å²) in [6, 6.07) is 11.4. The molecule has 2 aromatic carbocycles. The number of hydrogen-bond acceptors (Lipinski definition) is 5. The van der Waals surface area contributed by atoms with E-state index < -0.39 is 17.0 Å². The molecule has 1 unspecified atom stereocenters. The van der Waals surface area contributed by atoms with Crippen LogP contribution in [0.3, 0.4) is 0 Å².